The number of oxime groups is 1. The van der Waals surface area contributed by atoms with Gasteiger partial charge in [-0.05, 0) is 66.1 Å². The Morgan fingerprint density at radius 1 is 1.22 bits per heavy atom. The molecule has 0 spiro atoms. The van der Waals surface area contributed by atoms with Gasteiger partial charge in [0.15, 0.2) is 23.2 Å². The van der Waals surface area contributed by atoms with Gasteiger partial charge >= 0.3 is 6.09 Å². The summed E-state index contributed by atoms with van der Waals surface area (Å²) < 4.78 is 17.8. The topological polar surface area (TPSA) is 179 Å². The first-order chi connectivity index (χ1) is 21.9. The van der Waals surface area contributed by atoms with Crippen LogP contribution in [0.15, 0.2) is 10.2 Å². The van der Waals surface area contributed by atoms with Crippen molar-refractivity contribution in [3.63, 3.8) is 0 Å². The van der Waals surface area contributed by atoms with Crippen LogP contribution in [-0.2, 0) is 19.0 Å². The Kier molecular flexibility index (Phi) is 13.5. The second-order valence-electron chi connectivity index (χ2n) is 12.9. The maximum absolute atomic E-state index is 14.1. The molecule has 3 aliphatic rings. The number of likely N-dealkylation sites (tertiary alicyclic amines) is 1. The van der Waals surface area contributed by atoms with E-state index in [1.807, 2.05) is 47.8 Å². The predicted octanol–water partition coefficient (Wildman–Crippen LogP) is 5.37. The second-order valence-corrected chi connectivity index (χ2v) is 13.7. The summed E-state index contributed by atoms with van der Waals surface area (Å²) in [5.74, 6) is 4.68. The molecule has 260 valence electrons. The van der Waals surface area contributed by atoms with Crippen molar-refractivity contribution in [3.05, 3.63) is 5.82 Å². The van der Waals surface area contributed by atoms with Crippen LogP contribution < -0.4 is 16.6 Å². The summed E-state index contributed by atoms with van der Waals surface area (Å²) in [6.45, 7) is 14.9. The number of thioether (sulfide) groups is 1. The number of amides is 1. The molecule has 3 heterocycles. The predicted molar refractivity (Wildman–Crippen MR) is 180 cm³/mol. The van der Waals surface area contributed by atoms with E-state index in [-0.39, 0.29) is 34.9 Å². The van der Waals surface area contributed by atoms with Crippen molar-refractivity contribution in [1.82, 2.24) is 14.9 Å². The summed E-state index contributed by atoms with van der Waals surface area (Å²) in [6, 6.07) is -0.641. The molecule has 4 atom stereocenters. The summed E-state index contributed by atoms with van der Waals surface area (Å²) in [7, 11) is 0. The minimum atomic E-state index is -0.964. The molecule has 5 N–H and O–H groups in total. The van der Waals surface area contributed by atoms with Gasteiger partial charge in [-0.3, -0.25) is 9.80 Å². The quantitative estimate of drug-likeness (QED) is 0.0727. The Bertz CT molecular complexity index is 1220. The molecule has 14 heteroatoms. The summed E-state index contributed by atoms with van der Waals surface area (Å²) in [5, 5.41) is 15.8. The van der Waals surface area contributed by atoms with Gasteiger partial charge in [0.1, 0.15) is 22.0 Å². The van der Waals surface area contributed by atoms with Crippen LogP contribution in [-0.4, -0.2) is 87.1 Å². The van der Waals surface area contributed by atoms with Gasteiger partial charge in [-0.15, -0.1) is 11.8 Å². The molecule has 1 amide bonds. The third-order valence-corrected chi connectivity index (χ3v) is 9.47. The number of ketones is 1. The van der Waals surface area contributed by atoms with Crippen LogP contribution in [0.1, 0.15) is 106 Å². The molecule has 2 saturated heterocycles. The smallest absolute Gasteiger partial charge is 0.410 e. The highest BCUT2D eigenvalue weighted by atomic mass is 32.2. The zero-order chi connectivity index (χ0) is 34.2. The fourth-order valence-electron chi connectivity index (χ4n) is 6.57. The van der Waals surface area contributed by atoms with Gasteiger partial charge < -0.3 is 30.1 Å². The van der Waals surface area contributed by atoms with Crippen LogP contribution in [0.25, 0.3) is 0 Å². The average Bonchev–Trinajstić information content (AvgIpc) is 3.72. The van der Waals surface area contributed by atoms with E-state index in [1.54, 1.807) is 4.90 Å². The number of nitrogens with zero attached hydrogens (tertiary/aromatic N) is 5. The van der Waals surface area contributed by atoms with Gasteiger partial charge in [-0.2, -0.15) is 0 Å². The normalized spacial score (nSPS) is 23.9. The molecule has 4 unspecified atom stereocenters. The van der Waals surface area contributed by atoms with Gasteiger partial charge in [0.2, 0.25) is 0 Å². The lowest BCUT2D eigenvalue weighted by Crippen LogP contribution is -2.53. The maximum atomic E-state index is 14.1. The summed E-state index contributed by atoms with van der Waals surface area (Å²) in [6.07, 6.45) is 7.24. The number of carbonyl (C=O) groups excluding carboxylic acids is 2. The zero-order valence-corrected chi connectivity index (χ0v) is 29.7. The number of rotatable bonds is 10. The maximum Gasteiger partial charge on any atom is 0.410 e. The first-order valence-corrected chi connectivity index (χ1v) is 17.9. The highest BCUT2D eigenvalue weighted by Crippen LogP contribution is 2.42. The Hall–Kier alpha value is -2.68. The lowest BCUT2D eigenvalue weighted by atomic mass is 9.73. The number of carbonyl (C=O) groups is 2. The fraction of sp³-hybridized carbons (Fsp3) is 0.781. The number of hydrogen-bond acceptors (Lipinski definition) is 13. The monoisotopic (exact) mass is 665 g/mol. The van der Waals surface area contributed by atoms with E-state index in [0.29, 0.717) is 44.0 Å². The highest BCUT2D eigenvalue weighted by Gasteiger charge is 2.51. The molecule has 13 nitrogen and oxygen atoms in total. The Morgan fingerprint density at radius 2 is 1.89 bits per heavy atom. The van der Waals surface area contributed by atoms with Gasteiger partial charge in [-0.25, -0.2) is 20.6 Å². The molecule has 2 aliphatic heterocycles. The van der Waals surface area contributed by atoms with E-state index >= 15 is 0 Å². The number of unbranched alkanes of at least 4 members (excludes halogenated alkanes) is 1. The van der Waals surface area contributed by atoms with Crippen molar-refractivity contribution in [3.8, 4) is 0 Å². The summed E-state index contributed by atoms with van der Waals surface area (Å²) >= 11 is 1.30. The number of nitrogen functional groups attached to an aromatic ring is 1. The lowest BCUT2D eigenvalue weighted by molar-refractivity contribution is -0.206. The second kappa shape index (κ2) is 16.4. The van der Waals surface area contributed by atoms with E-state index in [0.717, 1.165) is 32.1 Å². The number of nitrogens with two attached hydrogens (primary N) is 2. The van der Waals surface area contributed by atoms with E-state index in [2.05, 4.69) is 22.0 Å². The van der Waals surface area contributed by atoms with Crippen molar-refractivity contribution in [2.24, 2.45) is 22.8 Å². The van der Waals surface area contributed by atoms with Gasteiger partial charge in [0.25, 0.3) is 0 Å². The first-order valence-electron chi connectivity index (χ1n) is 16.7. The Labute approximate surface area is 278 Å². The number of hydrogen-bond donors (Lipinski definition) is 3. The molecule has 1 aromatic heterocycles. The van der Waals surface area contributed by atoms with Crippen LogP contribution in [0.3, 0.4) is 0 Å². The van der Waals surface area contributed by atoms with Gasteiger partial charge in [0, 0.05) is 13.0 Å². The minimum Gasteiger partial charge on any atom is -0.444 e. The van der Waals surface area contributed by atoms with Crippen LogP contribution in [0.5, 0.6) is 0 Å². The van der Waals surface area contributed by atoms with E-state index in [9.17, 15) is 14.8 Å². The Morgan fingerprint density at radius 3 is 2.48 bits per heavy atom. The molecule has 0 aromatic carbocycles. The van der Waals surface area contributed by atoms with Crippen molar-refractivity contribution < 1.29 is 29.0 Å². The number of anilines is 2. The van der Waals surface area contributed by atoms with Crippen molar-refractivity contribution >= 4 is 40.9 Å². The number of aromatic nitrogens is 2. The summed E-state index contributed by atoms with van der Waals surface area (Å²) in [5.41, 5.74) is 6.22. The molecular weight excluding hydrogens is 610 g/mol. The number of ether oxygens (including phenoxy) is 3. The molecule has 3 fully saturated rings. The molecule has 46 heavy (non-hydrogen) atoms. The minimum absolute atomic E-state index is 0.0668. The number of Topliss-reactive ketones (excluding diaryl/α,β-unsaturated/α-hetero) is 1. The third kappa shape index (κ3) is 8.23. The van der Waals surface area contributed by atoms with Crippen molar-refractivity contribution in [2.45, 2.75) is 128 Å². The standard InChI is InChI=1S/C30H49N7O6S.C2H6/c1-7-8-14-30(41-16-17-42-30)20-12-9-11-19(24(20)38)23(35-40)25-33-26(22(31)27(34-25)44-6)37(32)18(2)21-13-10-15-36(21)28(39)43-29(3,4)5;1-2/h18-21,40H,7-17,31-32H2,1-6H3;1-2H3/b35-23-;. The molecule has 0 bridgehead atoms. The molecule has 0 radical (unpaired) electrons. The lowest BCUT2D eigenvalue weighted by Gasteiger charge is -2.39. The van der Waals surface area contributed by atoms with Crippen molar-refractivity contribution in [2.75, 3.05) is 36.8 Å². The van der Waals surface area contributed by atoms with E-state index in [1.165, 1.54) is 16.8 Å². The highest BCUT2D eigenvalue weighted by molar-refractivity contribution is 7.98. The van der Waals surface area contributed by atoms with E-state index < -0.39 is 35.4 Å². The Balaban J connectivity index is 0.00000282. The molecule has 1 aliphatic carbocycles. The zero-order valence-electron chi connectivity index (χ0n) is 28.9. The van der Waals surface area contributed by atoms with Crippen LogP contribution in [0.4, 0.5) is 16.3 Å². The molecule has 1 aromatic rings. The molecule has 1 saturated carbocycles. The third-order valence-electron chi connectivity index (χ3n) is 8.78. The first kappa shape index (κ1) is 37.8. The van der Waals surface area contributed by atoms with Crippen LogP contribution in [0.2, 0.25) is 0 Å². The average molecular weight is 666 g/mol. The fourth-order valence-corrected chi connectivity index (χ4v) is 7.06. The van der Waals surface area contributed by atoms with E-state index in [4.69, 9.17) is 25.8 Å². The van der Waals surface area contributed by atoms with Gasteiger partial charge in [0.05, 0.1) is 37.1 Å². The molecular formula is C32H55N7O6S. The largest absolute Gasteiger partial charge is 0.444 e. The van der Waals surface area contributed by atoms with Gasteiger partial charge in [-0.1, -0.05) is 38.8 Å². The number of hydrazine groups is 1. The summed E-state index contributed by atoms with van der Waals surface area (Å²) in [4.78, 5) is 38.0. The molecule has 4 rings (SSSR count). The SMILES string of the molecule is CC.CCCCC1(C2CCCC(/C(=N/O)c3nc(SC)c(N)c(N(N)C(C)C4CCCN4C(=O)OC(C)(C)C)n3)C2=O)OCCO1. The van der Waals surface area contributed by atoms with Crippen molar-refractivity contribution in [1.29, 1.82) is 0 Å². The van der Waals surface area contributed by atoms with Crippen LogP contribution in [0, 0.1) is 11.8 Å². The van der Waals surface area contributed by atoms with Crippen LogP contribution >= 0.6 is 11.8 Å².